The molecule has 2 aliphatic rings. The van der Waals surface area contributed by atoms with Gasteiger partial charge in [-0.25, -0.2) is 4.79 Å². The largest absolute Gasteiger partial charge is 0.480 e. The van der Waals surface area contributed by atoms with Crippen LogP contribution in [0, 0.1) is 5.92 Å². The molecule has 1 aliphatic heterocycles. The predicted molar refractivity (Wildman–Crippen MR) is 80.7 cm³/mol. The van der Waals surface area contributed by atoms with Crippen LogP contribution in [0.25, 0.3) is 0 Å². The molecule has 6 heteroatoms. The van der Waals surface area contributed by atoms with Crippen molar-refractivity contribution in [2.24, 2.45) is 5.92 Å². The summed E-state index contributed by atoms with van der Waals surface area (Å²) in [5, 5.41) is 9.35. The molecule has 1 aliphatic carbocycles. The fraction of sp³-hybridized carbons (Fsp3) is 0.429. The van der Waals surface area contributed by atoms with Crippen LogP contribution in [0.3, 0.4) is 0 Å². The first-order valence-electron chi connectivity index (χ1n) is 6.50. The highest BCUT2D eigenvalue weighted by atomic mass is 79.9. The third-order valence-electron chi connectivity index (χ3n) is 3.67. The number of carboxylic acids is 1. The minimum Gasteiger partial charge on any atom is -0.480 e. The topological polar surface area (TPSA) is 57.6 Å². The van der Waals surface area contributed by atoms with E-state index in [4.69, 9.17) is 0 Å². The van der Waals surface area contributed by atoms with Gasteiger partial charge in [-0.1, -0.05) is 15.9 Å². The monoisotopic (exact) mass is 355 g/mol. The number of rotatable bonds is 3. The van der Waals surface area contributed by atoms with E-state index in [1.807, 2.05) is 0 Å². The van der Waals surface area contributed by atoms with Crippen molar-refractivity contribution >= 4 is 39.6 Å². The smallest absolute Gasteiger partial charge is 0.327 e. The Balaban J connectivity index is 1.88. The molecule has 1 saturated heterocycles. The molecule has 3 rings (SSSR count). The van der Waals surface area contributed by atoms with E-state index in [0.717, 1.165) is 17.3 Å². The van der Waals surface area contributed by atoms with Gasteiger partial charge in [0.2, 0.25) is 0 Å². The Kier molecular flexibility index (Phi) is 3.77. The number of carboxylic acid groups (broad SMARTS) is 1. The van der Waals surface area contributed by atoms with Gasteiger partial charge in [0.1, 0.15) is 6.04 Å². The molecular formula is C14H14BrNO3S. The number of thioether (sulfide) groups is 1. The van der Waals surface area contributed by atoms with Crippen LogP contribution in [0.1, 0.15) is 23.2 Å². The number of carbonyl (C=O) groups excluding carboxylic acids is 1. The number of hydrogen-bond acceptors (Lipinski definition) is 3. The fourth-order valence-corrected chi connectivity index (χ4v) is 4.36. The van der Waals surface area contributed by atoms with Gasteiger partial charge in [0.15, 0.2) is 0 Å². The van der Waals surface area contributed by atoms with E-state index in [9.17, 15) is 14.7 Å². The van der Waals surface area contributed by atoms with E-state index in [2.05, 4.69) is 15.9 Å². The van der Waals surface area contributed by atoms with Crippen molar-refractivity contribution in [1.29, 1.82) is 0 Å². The van der Waals surface area contributed by atoms with Crippen LogP contribution in [0.5, 0.6) is 0 Å². The molecule has 0 radical (unpaired) electrons. The van der Waals surface area contributed by atoms with Crippen LogP contribution in [0.15, 0.2) is 28.7 Å². The number of hydrogen-bond donors (Lipinski definition) is 1. The molecule has 2 fully saturated rings. The molecule has 1 saturated carbocycles. The number of halogens is 1. The van der Waals surface area contributed by atoms with Crippen molar-refractivity contribution in [3.05, 3.63) is 34.3 Å². The molecule has 106 valence electrons. The molecule has 20 heavy (non-hydrogen) atoms. The molecule has 2 unspecified atom stereocenters. The number of aliphatic carboxylic acids is 1. The molecule has 2 atom stereocenters. The highest BCUT2D eigenvalue weighted by Gasteiger charge is 2.48. The van der Waals surface area contributed by atoms with Gasteiger partial charge < -0.3 is 10.0 Å². The SMILES string of the molecule is O=C(O)C1CSC(C2CC2)N1C(=O)c1ccc(Br)cc1. The van der Waals surface area contributed by atoms with E-state index in [0.29, 0.717) is 17.2 Å². The molecule has 1 aromatic carbocycles. The fourth-order valence-electron chi connectivity index (χ4n) is 2.46. The highest BCUT2D eigenvalue weighted by Crippen LogP contribution is 2.45. The molecule has 1 N–H and O–H groups in total. The van der Waals surface area contributed by atoms with Gasteiger partial charge in [-0.2, -0.15) is 0 Å². The predicted octanol–water partition coefficient (Wildman–Crippen LogP) is 2.83. The summed E-state index contributed by atoms with van der Waals surface area (Å²) in [7, 11) is 0. The van der Waals surface area contributed by atoms with Crippen LogP contribution in [-0.4, -0.2) is 39.1 Å². The summed E-state index contributed by atoms with van der Waals surface area (Å²) in [6, 6.07) is 6.37. The van der Waals surface area contributed by atoms with Gasteiger partial charge in [0.25, 0.3) is 5.91 Å². The average molecular weight is 356 g/mol. The van der Waals surface area contributed by atoms with Gasteiger partial charge in [0, 0.05) is 15.8 Å². The van der Waals surface area contributed by atoms with E-state index in [1.165, 1.54) is 0 Å². The number of amides is 1. The van der Waals surface area contributed by atoms with Crippen molar-refractivity contribution in [2.45, 2.75) is 24.3 Å². The first-order chi connectivity index (χ1) is 9.58. The summed E-state index contributed by atoms with van der Waals surface area (Å²) in [5.41, 5.74) is 0.549. The van der Waals surface area contributed by atoms with Gasteiger partial charge >= 0.3 is 5.97 Å². The van der Waals surface area contributed by atoms with Crippen LogP contribution < -0.4 is 0 Å². The van der Waals surface area contributed by atoms with Crippen molar-refractivity contribution in [3.8, 4) is 0 Å². The quantitative estimate of drug-likeness (QED) is 0.905. The van der Waals surface area contributed by atoms with Crippen LogP contribution in [0.4, 0.5) is 0 Å². The van der Waals surface area contributed by atoms with Crippen molar-refractivity contribution in [1.82, 2.24) is 4.90 Å². The zero-order chi connectivity index (χ0) is 14.3. The Morgan fingerprint density at radius 1 is 1.25 bits per heavy atom. The van der Waals surface area contributed by atoms with E-state index in [-0.39, 0.29) is 11.3 Å². The number of carbonyl (C=O) groups is 2. The van der Waals surface area contributed by atoms with E-state index >= 15 is 0 Å². The van der Waals surface area contributed by atoms with Gasteiger partial charge in [-0.15, -0.1) is 11.8 Å². The second-order valence-electron chi connectivity index (χ2n) is 5.13. The maximum absolute atomic E-state index is 12.6. The van der Waals surface area contributed by atoms with Crippen LogP contribution in [0.2, 0.25) is 0 Å². The summed E-state index contributed by atoms with van der Waals surface area (Å²) in [6.45, 7) is 0. The lowest BCUT2D eigenvalue weighted by atomic mass is 10.1. The molecule has 4 nitrogen and oxygen atoms in total. The van der Waals surface area contributed by atoms with Gasteiger partial charge in [0.05, 0.1) is 5.37 Å². The molecule has 0 bridgehead atoms. The minimum atomic E-state index is -0.911. The zero-order valence-electron chi connectivity index (χ0n) is 10.7. The van der Waals surface area contributed by atoms with Gasteiger partial charge in [-0.3, -0.25) is 4.79 Å². The van der Waals surface area contributed by atoms with Crippen molar-refractivity contribution in [3.63, 3.8) is 0 Å². The molecule has 1 aromatic rings. The van der Waals surface area contributed by atoms with Crippen LogP contribution in [-0.2, 0) is 4.79 Å². The Labute approximate surface area is 129 Å². The molecule has 1 heterocycles. The standard InChI is InChI=1S/C14H14BrNO3S/c15-10-5-3-8(4-6-10)12(17)16-11(14(18)19)7-20-13(16)9-1-2-9/h3-6,9,11,13H,1-2,7H2,(H,18,19). The summed E-state index contributed by atoms with van der Waals surface area (Å²) < 4.78 is 0.901. The summed E-state index contributed by atoms with van der Waals surface area (Å²) in [5.74, 6) is -0.139. The third kappa shape index (κ3) is 2.59. The zero-order valence-corrected chi connectivity index (χ0v) is 13.1. The van der Waals surface area contributed by atoms with Crippen molar-refractivity contribution in [2.75, 3.05) is 5.75 Å². The maximum atomic E-state index is 12.6. The Morgan fingerprint density at radius 3 is 2.45 bits per heavy atom. The van der Waals surface area contributed by atoms with E-state index < -0.39 is 12.0 Å². The molecule has 0 spiro atoms. The summed E-state index contributed by atoms with van der Waals surface area (Å²) in [4.78, 5) is 25.6. The minimum absolute atomic E-state index is 0.0206. The van der Waals surface area contributed by atoms with E-state index in [1.54, 1.807) is 40.9 Å². The second kappa shape index (κ2) is 5.41. The van der Waals surface area contributed by atoms with Gasteiger partial charge in [-0.05, 0) is 43.0 Å². The first-order valence-corrected chi connectivity index (χ1v) is 8.35. The van der Waals surface area contributed by atoms with Crippen molar-refractivity contribution < 1.29 is 14.7 Å². The average Bonchev–Trinajstić information content (AvgIpc) is 3.17. The lowest BCUT2D eigenvalue weighted by Crippen LogP contribution is -2.46. The normalized spacial score (nSPS) is 25.8. The summed E-state index contributed by atoms with van der Waals surface area (Å²) in [6.07, 6.45) is 2.18. The summed E-state index contributed by atoms with van der Waals surface area (Å²) >= 11 is 4.93. The highest BCUT2D eigenvalue weighted by molar-refractivity contribution is 9.10. The lowest BCUT2D eigenvalue weighted by molar-refractivity contribution is -0.141. The molecular weight excluding hydrogens is 342 g/mol. The Morgan fingerprint density at radius 2 is 1.90 bits per heavy atom. The second-order valence-corrected chi connectivity index (χ2v) is 7.20. The Hall–Kier alpha value is -1.01. The van der Waals surface area contributed by atoms with Crippen LogP contribution >= 0.6 is 27.7 Å². The molecule has 0 aromatic heterocycles. The third-order valence-corrected chi connectivity index (χ3v) is 5.66. The number of benzene rings is 1. The molecule has 1 amide bonds. The maximum Gasteiger partial charge on any atom is 0.327 e. The first kappa shape index (κ1) is 13.9. The Bertz CT molecular complexity index is 544. The lowest BCUT2D eigenvalue weighted by Gasteiger charge is -2.27. The number of nitrogens with zero attached hydrogens (tertiary/aromatic N) is 1.